The molecule has 0 bridgehead atoms. The summed E-state index contributed by atoms with van der Waals surface area (Å²) in [6.07, 6.45) is 9.99. The fraction of sp³-hybridized carbons (Fsp3) is 0.714. The van der Waals surface area contributed by atoms with Crippen molar-refractivity contribution in [2.45, 2.75) is 51.1 Å². The lowest BCUT2D eigenvalue weighted by Gasteiger charge is -2.38. The molecule has 3 rings (SSSR count). The molecule has 0 radical (unpaired) electrons. The van der Waals surface area contributed by atoms with Crippen LogP contribution in [0, 0.1) is 11.8 Å². The molecule has 1 saturated carbocycles. The number of hydrogen-bond acceptors (Lipinski definition) is 4. The molecule has 1 saturated heterocycles. The summed E-state index contributed by atoms with van der Waals surface area (Å²) in [6, 6.07) is 4.33. The van der Waals surface area contributed by atoms with Crippen molar-refractivity contribution in [3.63, 3.8) is 0 Å². The van der Waals surface area contributed by atoms with Crippen LogP contribution in [0.4, 0.5) is 4.79 Å². The van der Waals surface area contributed by atoms with Gasteiger partial charge in [-0.1, -0.05) is 0 Å². The number of carbonyl (C=O) groups excluding carboxylic acids is 1. The van der Waals surface area contributed by atoms with Crippen molar-refractivity contribution in [2.75, 3.05) is 33.3 Å². The molecule has 2 heterocycles. The van der Waals surface area contributed by atoms with Gasteiger partial charge in [0.15, 0.2) is 0 Å². The molecule has 2 N–H and O–H groups in total. The van der Waals surface area contributed by atoms with Crippen molar-refractivity contribution in [1.82, 2.24) is 20.1 Å². The molecule has 1 aliphatic heterocycles. The molecule has 0 unspecified atom stereocenters. The maximum absolute atomic E-state index is 13.0. The summed E-state index contributed by atoms with van der Waals surface area (Å²) in [5, 5.41) is 12.5. The minimum atomic E-state index is 0.0608. The molecular formula is C21H34N4O2. The van der Waals surface area contributed by atoms with Gasteiger partial charge in [0.25, 0.3) is 0 Å². The minimum Gasteiger partial charge on any atom is -0.396 e. The number of carbonyl (C=O) groups is 1. The van der Waals surface area contributed by atoms with Crippen LogP contribution in [0.5, 0.6) is 0 Å². The zero-order valence-corrected chi connectivity index (χ0v) is 16.5. The molecule has 1 aromatic heterocycles. The van der Waals surface area contributed by atoms with Gasteiger partial charge in [0.05, 0.1) is 0 Å². The highest BCUT2D eigenvalue weighted by molar-refractivity contribution is 5.74. The molecule has 6 nitrogen and oxygen atoms in total. The standard InChI is InChI=1S/C21H34N4O2/c1-24-12-8-20(9-13-24)25(15-18-6-10-22-11-7-18)21(27)23-14-17-2-4-19(16-26)5-3-17/h6-7,10-11,17,19-20,26H,2-5,8-9,12-16H2,1H3,(H,23,27). The van der Waals surface area contributed by atoms with Gasteiger partial charge in [0, 0.05) is 38.1 Å². The molecule has 0 atom stereocenters. The molecule has 6 heteroatoms. The largest absolute Gasteiger partial charge is 0.396 e. The van der Waals surface area contributed by atoms with E-state index in [2.05, 4.69) is 22.2 Å². The van der Waals surface area contributed by atoms with Crippen molar-refractivity contribution in [3.8, 4) is 0 Å². The average molecular weight is 375 g/mol. The smallest absolute Gasteiger partial charge is 0.317 e. The van der Waals surface area contributed by atoms with E-state index in [4.69, 9.17) is 0 Å². The van der Waals surface area contributed by atoms with E-state index in [0.717, 1.165) is 63.7 Å². The number of likely N-dealkylation sites (tertiary alicyclic amines) is 1. The van der Waals surface area contributed by atoms with Crippen molar-refractivity contribution < 1.29 is 9.90 Å². The average Bonchev–Trinajstić information content (AvgIpc) is 2.72. The zero-order valence-electron chi connectivity index (χ0n) is 16.5. The summed E-state index contributed by atoms with van der Waals surface area (Å²) in [4.78, 5) is 21.5. The Morgan fingerprint density at radius 3 is 2.41 bits per heavy atom. The Morgan fingerprint density at radius 2 is 1.78 bits per heavy atom. The Morgan fingerprint density at radius 1 is 1.15 bits per heavy atom. The van der Waals surface area contributed by atoms with Gasteiger partial charge in [-0.3, -0.25) is 4.98 Å². The molecule has 2 amide bonds. The van der Waals surface area contributed by atoms with Crippen LogP contribution in [-0.4, -0.2) is 65.3 Å². The van der Waals surface area contributed by atoms with Crippen molar-refractivity contribution >= 4 is 6.03 Å². The number of nitrogens with one attached hydrogen (secondary N) is 1. The molecule has 2 aliphatic rings. The molecule has 2 fully saturated rings. The van der Waals surface area contributed by atoms with Gasteiger partial charge < -0.3 is 20.2 Å². The number of aliphatic hydroxyl groups excluding tert-OH is 1. The molecule has 0 aromatic carbocycles. The topological polar surface area (TPSA) is 68.7 Å². The summed E-state index contributed by atoms with van der Waals surface area (Å²) < 4.78 is 0. The number of piperidine rings is 1. The highest BCUT2D eigenvalue weighted by atomic mass is 16.3. The zero-order chi connectivity index (χ0) is 19.1. The second-order valence-corrected chi connectivity index (χ2v) is 8.27. The van der Waals surface area contributed by atoms with Gasteiger partial charge in [0.1, 0.15) is 0 Å². The lowest BCUT2D eigenvalue weighted by molar-refractivity contribution is 0.124. The van der Waals surface area contributed by atoms with Gasteiger partial charge >= 0.3 is 6.03 Å². The molecular weight excluding hydrogens is 340 g/mol. The Balaban J connectivity index is 1.57. The van der Waals surface area contributed by atoms with Gasteiger partial charge in [-0.05, 0) is 88.2 Å². The Hall–Kier alpha value is -1.66. The molecule has 27 heavy (non-hydrogen) atoms. The third-order valence-corrected chi connectivity index (χ3v) is 6.26. The normalized spacial score (nSPS) is 24.5. The van der Waals surface area contributed by atoms with E-state index in [1.807, 2.05) is 17.0 Å². The first-order chi connectivity index (χ1) is 13.2. The molecule has 1 aliphatic carbocycles. The summed E-state index contributed by atoms with van der Waals surface area (Å²) in [7, 11) is 2.15. The summed E-state index contributed by atoms with van der Waals surface area (Å²) in [5.41, 5.74) is 1.13. The van der Waals surface area contributed by atoms with E-state index in [9.17, 15) is 9.90 Å². The number of aliphatic hydroxyl groups is 1. The quantitative estimate of drug-likeness (QED) is 0.803. The number of amides is 2. The number of nitrogens with zero attached hydrogens (tertiary/aromatic N) is 3. The maximum atomic E-state index is 13.0. The van der Waals surface area contributed by atoms with Crippen molar-refractivity contribution in [3.05, 3.63) is 30.1 Å². The number of pyridine rings is 1. The third kappa shape index (κ3) is 5.91. The van der Waals surface area contributed by atoms with Crippen molar-refractivity contribution in [1.29, 1.82) is 0 Å². The van der Waals surface area contributed by atoms with Crippen LogP contribution in [0.15, 0.2) is 24.5 Å². The number of urea groups is 1. The van der Waals surface area contributed by atoms with E-state index in [1.54, 1.807) is 12.4 Å². The first kappa shape index (κ1) is 20.1. The molecule has 0 spiro atoms. The Kier molecular flexibility index (Phi) is 7.47. The molecule has 150 valence electrons. The van der Waals surface area contributed by atoms with Crippen LogP contribution < -0.4 is 5.32 Å². The highest BCUT2D eigenvalue weighted by Gasteiger charge is 2.28. The number of hydrogen-bond donors (Lipinski definition) is 2. The minimum absolute atomic E-state index is 0.0608. The van der Waals surface area contributed by atoms with E-state index in [1.165, 1.54) is 0 Å². The first-order valence-corrected chi connectivity index (χ1v) is 10.4. The van der Waals surface area contributed by atoms with Crippen LogP contribution in [0.25, 0.3) is 0 Å². The van der Waals surface area contributed by atoms with Crippen LogP contribution in [0.3, 0.4) is 0 Å². The fourth-order valence-corrected chi connectivity index (χ4v) is 4.31. The molecule has 1 aromatic rings. The van der Waals surface area contributed by atoms with Crippen LogP contribution in [0.2, 0.25) is 0 Å². The predicted molar refractivity (Wildman–Crippen MR) is 106 cm³/mol. The Labute approximate surface area is 163 Å². The van der Waals surface area contributed by atoms with Crippen LogP contribution in [0.1, 0.15) is 44.1 Å². The second kappa shape index (κ2) is 10.0. The summed E-state index contributed by atoms with van der Waals surface area (Å²) in [6.45, 7) is 3.76. The highest BCUT2D eigenvalue weighted by Crippen LogP contribution is 2.28. The lowest BCUT2D eigenvalue weighted by Crippen LogP contribution is -2.50. The Bertz CT molecular complexity index is 567. The maximum Gasteiger partial charge on any atom is 0.317 e. The van der Waals surface area contributed by atoms with E-state index < -0.39 is 0 Å². The van der Waals surface area contributed by atoms with Crippen LogP contribution in [-0.2, 0) is 6.54 Å². The predicted octanol–water partition coefficient (Wildman–Crippen LogP) is 2.49. The van der Waals surface area contributed by atoms with Crippen molar-refractivity contribution in [2.24, 2.45) is 11.8 Å². The van der Waals surface area contributed by atoms with Crippen LogP contribution >= 0.6 is 0 Å². The summed E-state index contributed by atoms with van der Waals surface area (Å²) in [5.74, 6) is 0.997. The second-order valence-electron chi connectivity index (χ2n) is 8.27. The summed E-state index contributed by atoms with van der Waals surface area (Å²) >= 11 is 0. The van der Waals surface area contributed by atoms with Gasteiger partial charge in [-0.2, -0.15) is 0 Å². The fourth-order valence-electron chi connectivity index (χ4n) is 4.31. The van der Waals surface area contributed by atoms with Gasteiger partial charge in [-0.25, -0.2) is 4.79 Å². The lowest BCUT2D eigenvalue weighted by atomic mass is 9.82. The van der Waals surface area contributed by atoms with E-state index in [-0.39, 0.29) is 6.03 Å². The first-order valence-electron chi connectivity index (χ1n) is 10.4. The SMILES string of the molecule is CN1CCC(N(Cc2ccncc2)C(=O)NCC2CCC(CO)CC2)CC1. The van der Waals surface area contributed by atoms with Gasteiger partial charge in [0.2, 0.25) is 0 Å². The third-order valence-electron chi connectivity index (χ3n) is 6.26. The number of aromatic nitrogens is 1. The van der Waals surface area contributed by atoms with E-state index >= 15 is 0 Å². The monoisotopic (exact) mass is 374 g/mol. The van der Waals surface area contributed by atoms with E-state index in [0.29, 0.717) is 31.0 Å². The van der Waals surface area contributed by atoms with Gasteiger partial charge in [-0.15, -0.1) is 0 Å². The number of rotatable bonds is 6.